The number of H-pyrrole nitrogens is 1. The van der Waals surface area contributed by atoms with E-state index in [-0.39, 0.29) is 30.3 Å². The molecule has 0 spiro atoms. The van der Waals surface area contributed by atoms with Gasteiger partial charge in [-0.25, -0.2) is 0 Å². The smallest absolute Gasteiger partial charge is 0.309 e. The molecule has 1 aliphatic heterocycles. The molecule has 320 valence electrons. The summed E-state index contributed by atoms with van der Waals surface area (Å²) in [5.74, 6) is 1.64. The molecule has 0 bridgehead atoms. The Balaban J connectivity index is 1.14. The van der Waals surface area contributed by atoms with Gasteiger partial charge in [0, 0.05) is 37.2 Å². The first kappa shape index (κ1) is 45.2. The highest BCUT2D eigenvalue weighted by molar-refractivity contribution is 5.79. The number of carboxylic acids is 1. The number of Topliss-reactive ketones (excluding diaryl/α,β-unsaturated/α-hetero) is 1. The summed E-state index contributed by atoms with van der Waals surface area (Å²) in [6.07, 6.45) is 27.0. The molecule has 57 heavy (non-hydrogen) atoms. The fourth-order valence-electron chi connectivity index (χ4n) is 10.9. The fraction of sp³-hybridized carbons (Fsp3) is 0.750. The van der Waals surface area contributed by atoms with Gasteiger partial charge in [0.25, 0.3) is 0 Å². The zero-order valence-electron chi connectivity index (χ0n) is 35.5. The molecule has 9 nitrogen and oxygen atoms in total. The van der Waals surface area contributed by atoms with Crippen LogP contribution in [0.3, 0.4) is 0 Å². The van der Waals surface area contributed by atoms with Gasteiger partial charge in [-0.2, -0.15) is 0 Å². The van der Waals surface area contributed by atoms with Crippen LogP contribution in [0, 0.1) is 41.4 Å². The number of hydrogen-bond donors (Lipinski definition) is 7. The molecule has 1 aromatic rings. The Hall–Kier alpha value is -2.88. The summed E-state index contributed by atoms with van der Waals surface area (Å²) in [4.78, 5) is 27.7. The van der Waals surface area contributed by atoms with Crippen molar-refractivity contribution in [1.29, 1.82) is 0 Å². The summed E-state index contributed by atoms with van der Waals surface area (Å²) in [7, 11) is 0. The van der Waals surface area contributed by atoms with Gasteiger partial charge in [0.05, 0.1) is 29.5 Å². The van der Waals surface area contributed by atoms with Crippen molar-refractivity contribution in [2.75, 3.05) is 6.54 Å². The third-order valence-corrected chi connectivity index (χ3v) is 14.5. The average Bonchev–Trinajstić information content (AvgIpc) is 3.77. The molecular formula is C48H77N3O6. The van der Waals surface area contributed by atoms with Crippen molar-refractivity contribution < 1.29 is 30.0 Å². The Bertz CT molecular complexity index is 1510. The molecule has 0 aromatic carbocycles. The molecule has 9 heteroatoms. The predicted octanol–water partition coefficient (Wildman–Crippen LogP) is 8.85. The Morgan fingerprint density at radius 1 is 1.02 bits per heavy atom. The summed E-state index contributed by atoms with van der Waals surface area (Å²) >= 11 is 0. The lowest BCUT2D eigenvalue weighted by atomic mass is 9.76. The molecule has 10 atom stereocenters. The molecule has 2 heterocycles. The molecule has 2 fully saturated rings. The van der Waals surface area contributed by atoms with E-state index >= 15 is 0 Å². The Morgan fingerprint density at radius 2 is 1.79 bits per heavy atom. The second-order valence-electron chi connectivity index (χ2n) is 19.0. The number of ketones is 1. The summed E-state index contributed by atoms with van der Waals surface area (Å²) in [5.41, 5.74) is 8.63. The molecule has 0 unspecified atom stereocenters. The number of unbranched alkanes of at least 4 members (excludes halogenated alkanes) is 4. The number of nitrogens with two attached hydrogens (primary N) is 1. The van der Waals surface area contributed by atoms with E-state index in [0.717, 1.165) is 82.7 Å². The number of aliphatic hydroxyl groups is 3. The van der Waals surface area contributed by atoms with Gasteiger partial charge in [0.15, 0.2) is 0 Å². The van der Waals surface area contributed by atoms with E-state index in [1.165, 1.54) is 30.4 Å². The van der Waals surface area contributed by atoms with Crippen molar-refractivity contribution in [2.45, 2.75) is 179 Å². The van der Waals surface area contributed by atoms with E-state index in [0.29, 0.717) is 73.9 Å². The summed E-state index contributed by atoms with van der Waals surface area (Å²) in [6.45, 7) is 7.53. The van der Waals surface area contributed by atoms with Crippen LogP contribution in [-0.4, -0.2) is 61.5 Å². The van der Waals surface area contributed by atoms with Crippen molar-refractivity contribution in [3.8, 4) is 0 Å². The van der Waals surface area contributed by atoms with Crippen molar-refractivity contribution in [2.24, 2.45) is 47.2 Å². The summed E-state index contributed by atoms with van der Waals surface area (Å²) in [6, 6.07) is 2.26. The van der Waals surface area contributed by atoms with E-state index in [1.54, 1.807) is 0 Å². The van der Waals surface area contributed by atoms with Crippen LogP contribution < -0.4 is 11.1 Å². The van der Waals surface area contributed by atoms with Gasteiger partial charge in [-0.05, 0) is 142 Å². The molecule has 5 rings (SSSR count). The third-order valence-electron chi connectivity index (χ3n) is 14.5. The van der Waals surface area contributed by atoms with E-state index in [9.17, 15) is 30.0 Å². The molecule has 8 N–H and O–H groups in total. The molecule has 0 saturated heterocycles. The highest BCUT2D eigenvalue weighted by atomic mass is 16.4. The molecular weight excluding hydrogens is 715 g/mol. The van der Waals surface area contributed by atoms with Crippen LogP contribution >= 0.6 is 0 Å². The molecule has 3 aliphatic carbocycles. The van der Waals surface area contributed by atoms with E-state index in [2.05, 4.69) is 61.6 Å². The lowest BCUT2D eigenvalue weighted by Crippen LogP contribution is -2.37. The first-order valence-electron chi connectivity index (χ1n) is 22.9. The lowest BCUT2D eigenvalue weighted by Gasteiger charge is -2.32. The fourth-order valence-corrected chi connectivity index (χ4v) is 10.9. The van der Waals surface area contributed by atoms with E-state index < -0.39 is 23.6 Å². The number of aromatic nitrogens is 1. The first-order valence-corrected chi connectivity index (χ1v) is 22.9. The predicted molar refractivity (Wildman–Crippen MR) is 228 cm³/mol. The van der Waals surface area contributed by atoms with Crippen molar-refractivity contribution >= 4 is 11.8 Å². The molecule has 2 saturated carbocycles. The van der Waals surface area contributed by atoms with Crippen molar-refractivity contribution in [3.63, 3.8) is 0 Å². The number of aliphatic hydroxyl groups excluding tert-OH is 2. The monoisotopic (exact) mass is 792 g/mol. The van der Waals surface area contributed by atoms with Crippen LogP contribution in [0.15, 0.2) is 48.0 Å². The zero-order valence-corrected chi connectivity index (χ0v) is 35.5. The Morgan fingerprint density at radius 3 is 2.51 bits per heavy atom. The van der Waals surface area contributed by atoms with Crippen LogP contribution in [0.5, 0.6) is 0 Å². The molecule has 0 amide bonds. The Kier molecular flexibility index (Phi) is 17.4. The molecule has 4 aliphatic rings. The number of nitrogens with one attached hydrogen (secondary N) is 2. The number of aliphatic carboxylic acids is 1. The van der Waals surface area contributed by atoms with Crippen molar-refractivity contribution in [3.05, 3.63) is 59.2 Å². The van der Waals surface area contributed by atoms with Gasteiger partial charge in [0.1, 0.15) is 5.78 Å². The van der Waals surface area contributed by atoms with Gasteiger partial charge in [-0.15, -0.1) is 0 Å². The number of aromatic amines is 1. The third kappa shape index (κ3) is 13.6. The van der Waals surface area contributed by atoms with Crippen LogP contribution in [0.4, 0.5) is 0 Å². The van der Waals surface area contributed by atoms with Crippen LogP contribution in [0.1, 0.15) is 166 Å². The largest absolute Gasteiger partial charge is 0.481 e. The number of carbonyl (C=O) groups excluding carboxylic acids is 1. The number of hydrogen-bond acceptors (Lipinski definition) is 7. The Labute approximate surface area is 343 Å². The number of allylic oxidation sites excluding steroid dienone is 3. The van der Waals surface area contributed by atoms with Crippen molar-refractivity contribution in [1.82, 2.24) is 10.3 Å². The minimum Gasteiger partial charge on any atom is -0.481 e. The standard InChI is InChI=1S/C48H77N3O6/c1-4-5-7-10-34-13-14-38(45(54)26-34)11-8-6-9-12-43(47(55)56)44(53)19-21-48(57)30-36(24-35-20-22-50-46(49)27-35)25-40(48)29-41-28-39(31-51-41)33(3)23-32(2)37-15-17-42(52)18-16-37/h13-14,20,27-28,31-34,36-38,40,43-45,50-51,53-54,57H,4-12,15-19,21-26,29-30,49H2,1-3H3,(H,55,56)/t32-,33+,34+,36-,38+,40-,43-,44+,45+,48+/m0/s1. The highest BCUT2D eigenvalue weighted by Gasteiger charge is 2.46. The highest BCUT2D eigenvalue weighted by Crippen LogP contribution is 2.47. The second-order valence-corrected chi connectivity index (χ2v) is 19.0. The number of rotatable bonds is 23. The van der Waals surface area contributed by atoms with Crippen LogP contribution in [-0.2, 0) is 16.0 Å². The van der Waals surface area contributed by atoms with Crippen LogP contribution in [0.25, 0.3) is 0 Å². The first-order chi connectivity index (χ1) is 27.3. The SMILES string of the molecule is CCCCC[C@@H]1C=C[C@@H](CCCCC[C@H](C(=O)O)[C@H](O)CC[C@@]2(O)C[C@@H](CC3=CCNC(N)=C3)C[C@H]2Cc2cc([C@H](C)C[C@H](C)C3CCC(=O)CC3)c[nH]2)[C@H](O)C1. The van der Waals surface area contributed by atoms with Crippen LogP contribution in [0.2, 0.25) is 0 Å². The summed E-state index contributed by atoms with van der Waals surface area (Å²) < 4.78 is 0. The maximum Gasteiger partial charge on any atom is 0.309 e. The minimum absolute atomic E-state index is 0.0297. The molecule has 1 aromatic heterocycles. The maximum atomic E-state index is 12.4. The number of carbonyl (C=O) groups is 2. The maximum absolute atomic E-state index is 12.4. The van der Waals surface area contributed by atoms with Gasteiger partial charge in [0.2, 0.25) is 0 Å². The van der Waals surface area contributed by atoms with Gasteiger partial charge >= 0.3 is 5.97 Å². The lowest BCUT2D eigenvalue weighted by molar-refractivity contribution is -0.146. The summed E-state index contributed by atoms with van der Waals surface area (Å²) in [5, 5.41) is 47.8. The van der Waals surface area contributed by atoms with Gasteiger partial charge < -0.3 is 36.5 Å². The second kappa shape index (κ2) is 21.9. The minimum atomic E-state index is -1.03. The molecule has 0 radical (unpaired) electrons. The topological polar surface area (TPSA) is 169 Å². The quantitative estimate of drug-likeness (QED) is 0.0426. The average molecular weight is 792 g/mol. The zero-order chi connectivity index (χ0) is 41.0. The number of carboxylic acid groups (broad SMARTS) is 1. The normalized spacial score (nSPS) is 29.0. The van der Waals surface area contributed by atoms with Gasteiger partial charge in [-0.3, -0.25) is 9.59 Å². The van der Waals surface area contributed by atoms with E-state index in [4.69, 9.17) is 5.73 Å². The van der Waals surface area contributed by atoms with Gasteiger partial charge in [-0.1, -0.05) is 77.5 Å². The van der Waals surface area contributed by atoms with E-state index in [1.807, 2.05) is 6.08 Å². The number of dihydropyridines is 1.